The lowest BCUT2D eigenvalue weighted by molar-refractivity contribution is 0.315. The fourth-order valence-corrected chi connectivity index (χ4v) is 2.83. The Balaban J connectivity index is 2.29. The quantitative estimate of drug-likeness (QED) is 0.893. The molecule has 0 amide bonds. The minimum absolute atomic E-state index is 0.415. The van der Waals surface area contributed by atoms with E-state index >= 15 is 0 Å². The summed E-state index contributed by atoms with van der Waals surface area (Å²) in [4.78, 5) is 13.7. The summed E-state index contributed by atoms with van der Waals surface area (Å²) in [5.74, 6) is 2.51. The van der Waals surface area contributed by atoms with Crippen LogP contribution in [0, 0.1) is 0 Å². The molecule has 1 aliphatic heterocycles. The summed E-state index contributed by atoms with van der Waals surface area (Å²) in [6.07, 6.45) is 2.88. The molecular weight excluding hydrogens is 250 g/mol. The van der Waals surface area contributed by atoms with Crippen molar-refractivity contribution in [2.75, 3.05) is 43.9 Å². The second kappa shape index (κ2) is 6.39. The summed E-state index contributed by atoms with van der Waals surface area (Å²) in [7, 11) is 4.31. The van der Waals surface area contributed by atoms with E-state index in [9.17, 15) is 0 Å². The highest BCUT2D eigenvalue weighted by molar-refractivity contribution is 5.60. The topological polar surface area (TPSA) is 44.3 Å². The third kappa shape index (κ3) is 3.03. The van der Waals surface area contributed by atoms with E-state index in [0.29, 0.717) is 12.0 Å². The summed E-state index contributed by atoms with van der Waals surface area (Å²) in [6.45, 7) is 9.53. The van der Waals surface area contributed by atoms with Gasteiger partial charge in [0.2, 0.25) is 0 Å². The highest BCUT2D eigenvalue weighted by Crippen LogP contribution is 2.32. The van der Waals surface area contributed by atoms with Crippen LogP contribution in [0.1, 0.15) is 38.7 Å². The Kier molecular flexibility index (Phi) is 4.81. The number of hydrogen-bond acceptors (Lipinski definition) is 5. The number of hydrogen-bond donors (Lipinski definition) is 1. The highest BCUT2D eigenvalue weighted by Gasteiger charge is 2.28. The second-order valence-corrected chi connectivity index (χ2v) is 6.00. The van der Waals surface area contributed by atoms with E-state index in [-0.39, 0.29) is 0 Å². The lowest BCUT2D eigenvalue weighted by Crippen LogP contribution is -2.32. The van der Waals surface area contributed by atoms with Crippen molar-refractivity contribution in [1.82, 2.24) is 14.9 Å². The first-order chi connectivity index (χ1) is 9.54. The maximum Gasteiger partial charge on any atom is 0.137 e. The van der Waals surface area contributed by atoms with Gasteiger partial charge in [0, 0.05) is 31.2 Å². The first-order valence-corrected chi connectivity index (χ1v) is 7.54. The molecule has 2 heterocycles. The van der Waals surface area contributed by atoms with Crippen LogP contribution in [0.2, 0.25) is 0 Å². The molecule has 112 valence electrons. The van der Waals surface area contributed by atoms with Crippen LogP contribution < -0.4 is 10.2 Å². The molecule has 0 bridgehead atoms. The Bertz CT molecular complexity index is 444. The van der Waals surface area contributed by atoms with Crippen LogP contribution in [-0.4, -0.2) is 54.6 Å². The first-order valence-electron chi connectivity index (χ1n) is 7.54. The maximum absolute atomic E-state index is 4.57. The second-order valence-electron chi connectivity index (χ2n) is 6.00. The molecule has 1 aliphatic rings. The number of aromatic nitrogens is 2. The third-order valence-electron chi connectivity index (χ3n) is 3.98. The zero-order valence-corrected chi connectivity index (χ0v) is 13.3. The van der Waals surface area contributed by atoms with Gasteiger partial charge in [-0.05, 0) is 33.4 Å². The van der Waals surface area contributed by atoms with Crippen LogP contribution in [0.3, 0.4) is 0 Å². The molecule has 1 saturated heterocycles. The van der Waals surface area contributed by atoms with Gasteiger partial charge < -0.3 is 15.1 Å². The SMILES string of the molecule is CCNc1ncnc(N2CCC(N(C)C)C2)c1C(C)C. The van der Waals surface area contributed by atoms with Gasteiger partial charge >= 0.3 is 0 Å². The Morgan fingerprint density at radius 3 is 2.70 bits per heavy atom. The van der Waals surface area contributed by atoms with E-state index in [2.05, 4.69) is 60.0 Å². The van der Waals surface area contributed by atoms with E-state index in [4.69, 9.17) is 0 Å². The number of anilines is 2. The lowest BCUT2D eigenvalue weighted by Gasteiger charge is -2.25. The standard InChI is InChI=1S/C15H27N5/c1-6-16-14-13(11(2)3)15(18-10-17-14)20-8-7-12(9-20)19(4)5/h10-12H,6-9H2,1-5H3,(H,16,17,18). The average Bonchev–Trinajstić information content (AvgIpc) is 2.88. The van der Waals surface area contributed by atoms with E-state index < -0.39 is 0 Å². The third-order valence-corrected chi connectivity index (χ3v) is 3.98. The molecule has 0 radical (unpaired) electrons. The van der Waals surface area contributed by atoms with Gasteiger partial charge in [-0.15, -0.1) is 0 Å². The van der Waals surface area contributed by atoms with Crippen molar-refractivity contribution in [2.24, 2.45) is 0 Å². The Labute approximate surface area is 122 Å². The molecule has 0 aliphatic carbocycles. The van der Waals surface area contributed by atoms with Crippen LogP contribution in [0.5, 0.6) is 0 Å². The van der Waals surface area contributed by atoms with Crippen LogP contribution in [0.4, 0.5) is 11.6 Å². The summed E-state index contributed by atoms with van der Waals surface area (Å²) >= 11 is 0. The molecule has 1 aromatic heterocycles. The number of nitrogens with zero attached hydrogens (tertiary/aromatic N) is 4. The molecule has 1 fully saturated rings. The molecule has 1 unspecified atom stereocenters. The minimum Gasteiger partial charge on any atom is -0.370 e. The van der Waals surface area contributed by atoms with E-state index in [1.54, 1.807) is 6.33 Å². The van der Waals surface area contributed by atoms with Gasteiger partial charge in [0.25, 0.3) is 0 Å². The van der Waals surface area contributed by atoms with Crippen LogP contribution in [0.25, 0.3) is 0 Å². The van der Waals surface area contributed by atoms with Crippen molar-refractivity contribution in [3.8, 4) is 0 Å². The Morgan fingerprint density at radius 2 is 2.15 bits per heavy atom. The summed E-state index contributed by atoms with van der Waals surface area (Å²) in [5, 5.41) is 3.37. The monoisotopic (exact) mass is 277 g/mol. The smallest absolute Gasteiger partial charge is 0.137 e. The molecule has 5 nitrogen and oxygen atoms in total. The maximum atomic E-state index is 4.57. The highest BCUT2D eigenvalue weighted by atomic mass is 15.3. The predicted molar refractivity (Wildman–Crippen MR) is 84.6 cm³/mol. The Hall–Kier alpha value is -1.36. The molecule has 0 spiro atoms. The minimum atomic E-state index is 0.415. The van der Waals surface area contributed by atoms with Crippen molar-refractivity contribution >= 4 is 11.6 Å². The predicted octanol–water partition coefficient (Wildman–Crippen LogP) is 2.17. The largest absolute Gasteiger partial charge is 0.370 e. The zero-order chi connectivity index (χ0) is 14.7. The summed E-state index contributed by atoms with van der Waals surface area (Å²) in [6, 6.07) is 0.618. The van der Waals surface area contributed by atoms with E-state index in [0.717, 1.165) is 31.3 Å². The first kappa shape index (κ1) is 15.0. The number of nitrogens with one attached hydrogen (secondary N) is 1. The van der Waals surface area contributed by atoms with Gasteiger partial charge in [-0.3, -0.25) is 0 Å². The fourth-order valence-electron chi connectivity index (χ4n) is 2.83. The molecule has 1 aromatic rings. The zero-order valence-electron chi connectivity index (χ0n) is 13.3. The number of likely N-dealkylation sites (N-methyl/N-ethyl adjacent to an activating group) is 1. The van der Waals surface area contributed by atoms with E-state index in [1.165, 1.54) is 12.0 Å². The molecule has 0 aromatic carbocycles. The summed E-state index contributed by atoms with van der Waals surface area (Å²) < 4.78 is 0. The molecule has 0 saturated carbocycles. The average molecular weight is 277 g/mol. The van der Waals surface area contributed by atoms with Gasteiger partial charge in [0.1, 0.15) is 18.0 Å². The normalized spacial score (nSPS) is 19.1. The molecule has 1 N–H and O–H groups in total. The fraction of sp³-hybridized carbons (Fsp3) is 0.733. The number of rotatable bonds is 5. The van der Waals surface area contributed by atoms with Crippen molar-refractivity contribution in [2.45, 2.75) is 39.2 Å². The van der Waals surface area contributed by atoms with Crippen LogP contribution >= 0.6 is 0 Å². The molecule has 2 rings (SSSR count). The van der Waals surface area contributed by atoms with Crippen molar-refractivity contribution in [1.29, 1.82) is 0 Å². The van der Waals surface area contributed by atoms with Gasteiger partial charge in [-0.25, -0.2) is 9.97 Å². The summed E-state index contributed by atoms with van der Waals surface area (Å²) in [5.41, 5.74) is 1.24. The molecule has 5 heteroatoms. The van der Waals surface area contributed by atoms with Crippen LogP contribution in [-0.2, 0) is 0 Å². The van der Waals surface area contributed by atoms with Crippen molar-refractivity contribution < 1.29 is 0 Å². The van der Waals surface area contributed by atoms with Crippen molar-refractivity contribution in [3.63, 3.8) is 0 Å². The van der Waals surface area contributed by atoms with Gasteiger partial charge in [0.05, 0.1) is 0 Å². The van der Waals surface area contributed by atoms with Crippen LogP contribution in [0.15, 0.2) is 6.33 Å². The van der Waals surface area contributed by atoms with Gasteiger partial charge in [-0.1, -0.05) is 13.8 Å². The lowest BCUT2D eigenvalue weighted by atomic mass is 10.0. The van der Waals surface area contributed by atoms with Crippen molar-refractivity contribution in [3.05, 3.63) is 11.9 Å². The van der Waals surface area contributed by atoms with Gasteiger partial charge in [-0.2, -0.15) is 0 Å². The molecule has 1 atom stereocenters. The van der Waals surface area contributed by atoms with E-state index in [1.807, 2.05) is 0 Å². The molecular formula is C15H27N5. The molecule has 20 heavy (non-hydrogen) atoms. The Morgan fingerprint density at radius 1 is 1.40 bits per heavy atom. The van der Waals surface area contributed by atoms with Gasteiger partial charge in [0.15, 0.2) is 0 Å².